The third-order valence-electron chi connectivity index (χ3n) is 3.94. The minimum absolute atomic E-state index is 0.105. The summed E-state index contributed by atoms with van der Waals surface area (Å²) in [4.78, 5) is 0. The van der Waals surface area contributed by atoms with Crippen LogP contribution in [0.2, 0.25) is 0 Å². The SMILES string of the molecule is CC1OC(Cc2ccccc2)OC2C=CCCC12. The van der Waals surface area contributed by atoms with E-state index >= 15 is 0 Å². The van der Waals surface area contributed by atoms with E-state index in [0.29, 0.717) is 12.0 Å². The van der Waals surface area contributed by atoms with E-state index in [1.807, 2.05) is 6.07 Å². The van der Waals surface area contributed by atoms with Crippen molar-refractivity contribution < 1.29 is 9.47 Å². The fraction of sp³-hybridized carbons (Fsp3) is 0.500. The van der Waals surface area contributed by atoms with Gasteiger partial charge in [-0.2, -0.15) is 0 Å². The van der Waals surface area contributed by atoms with Crippen LogP contribution >= 0.6 is 0 Å². The quantitative estimate of drug-likeness (QED) is 0.743. The summed E-state index contributed by atoms with van der Waals surface area (Å²) in [5.74, 6) is 0.530. The lowest BCUT2D eigenvalue weighted by Crippen LogP contribution is -2.45. The maximum Gasteiger partial charge on any atom is 0.162 e. The summed E-state index contributed by atoms with van der Waals surface area (Å²) in [7, 11) is 0. The average molecular weight is 244 g/mol. The molecule has 0 radical (unpaired) electrons. The van der Waals surface area contributed by atoms with Gasteiger partial charge in [-0.3, -0.25) is 0 Å². The number of allylic oxidation sites excluding steroid dienone is 1. The topological polar surface area (TPSA) is 18.5 Å². The van der Waals surface area contributed by atoms with E-state index in [0.717, 1.165) is 12.8 Å². The Balaban J connectivity index is 1.68. The molecule has 2 heteroatoms. The van der Waals surface area contributed by atoms with Gasteiger partial charge in [0.1, 0.15) is 0 Å². The Kier molecular flexibility index (Phi) is 3.48. The molecule has 2 nitrogen and oxygen atoms in total. The molecule has 0 N–H and O–H groups in total. The maximum atomic E-state index is 6.06. The van der Waals surface area contributed by atoms with Crippen molar-refractivity contribution in [2.24, 2.45) is 5.92 Å². The molecule has 1 saturated heterocycles. The Labute approximate surface area is 109 Å². The molecular formula is C16H20O2. The molecule has 2 aliphatic rings. The molecule has 1 aromatic rings. The van der Waals surface area contributed by atoms with Crippen molar-refractivity contribution in [2.75, 3.05) is 0 Å². The van der Waals surface area contributed by atoms with Gasteiger partial charge in [-0.1, -0.05) is 42.5 Å². The Morgan fingerprint density at radius 2 is 2.00 bits per heavy atom. The molecule has 18 heavy (non-hydrogen) atoms. The van der Waals surface area contributed by atoms with Crippen molar-refractivity contribution in [3.8, 4) is 0 Å². The number of hydrogen-bond donors (Lipinski definition) is 0. The number of ether oxygens (including phenoxy) is 2. The predicted octanol–water partition coefficient (Wildman–Crippen LogP) is 3.33. The summed E-state index contributed by atoms with van der Waals surface area (Å²) in [6, 6.07) is 10.4. The average Bonchev–Trinajstić information content (AvgIpc) is 2.40. The molecule has 1 heterocycles. The Hall–Kier alpha value is -1.12. The number of benzene rings is 1. The molecule has 1 aromatic carbocycles. The molecule has 1 aliphatic heterocycles. The van der Waals surface area contributed by atoms with E-state index in [1.165, 1.54) is 12.0 Å². The van der Waals surface area contributed by atoms with Crippen LogP contribution in [0.25, 0.3) is 0 Å². The van der Waals surface area contributed by atoms with Gasteiger partial charge in [0.25, 0.3) is 0 Å². The van der Waals surface area contributed by atoms with E-state index < -0.39 is 0 Å². The van der Waals surface area contributed by atoms with Crippen molar-refractivity contribution in [3.63, 3.8) is 0 Å². The first kappa shape index (κ1) is 11.9. The molecule has 0 aromatic heterocycles. The first-order valence-electron chi connectivity index (χ1n) is 6.84. The largest absolute Gasteiger partial charge is 0.349 e. The van der Waals surface area contributed by atoms with Gasteiger partial charge in [-0.15, -0.1) is 0 Å². The lowest BCUT2D eigenvalue weighted by Gasteiger charge is -2.41. The van der Waals surface area contributed by atoms with Gasteiger partial charge in [-0.25, -0.2) is 0 Å². The van der Waals surface area contributed by atoms with Crippen molar-refractivity contribution in [3.05, 3.63) is 48.0 Å². The molecule has 96 valence electrons. The second-order valence-electron chi connectivity index (χ2n) is 5.23. The van der Waals surface area contributed by atoms with Crippen molar-refractivity contribution in [2.45, 2.75) is 44.7 Å². The number of hydrogen-bond acceptors (Lipinski definition) is 2. The Morgan fingerprint density at radius 3 is 2.83 bits per heavy atom. The molecule has 0 bridgehead atoms. The van der Waals surface area contributed by atoms with Crippen molar-refractivity contribution in [1.29, 1.82) is 0 Å². The standard InChI is InChI=1S/C16H20O2/c1-12-14-9-5-6-10-15(14)18-16(17-12)11-13-7-3-2-4-8-13/h2-4,6-8,10,12,14-16H,5,9,11H2,1H3. The fourth-order valence-electron chi connectivity index (χ4n) is 2.92. The molecule has 4 unspecified atom stereocenters. The molecule has 0 saturated carbocycles. The van der Waals surface area contributed by atoms with Crippen LogP contribution in [0.4, 0.5) is 0 Å². The summed E-state index contributed by atoms with van der Waals surface area (Å²) in [6.45, 7) is 2.18. The highest BCUT2D eigenvalue weighted by atomic mass is 16.7. The second kappa shape index (κ2) is 5.25. The predicted molar refractivity (Wildman–Crippen MR) is 71.2 cm³/mol. The summed E-state index contributed by atoms with van der Waals surface area (Å²) < 4.78 is 12.1. The Morgan fingerprint density at radius 1 is 1.17 bits per heavy atom. The number of fused-ring (bicyclic) bond motifs is 1. The van der Waals surface area contributed by atoms with Crippen LogP contribution in [0.15, 0.2) is 42.5 Å². The minimum Gasteiger partial charge on any atom is -0.349 e. The van der Waals surface area contributed by atoms with E-state index in [9.17, 15) is 0 Å². The number of rotatable bonds is 2. The van der Waals surface area contributed by atoms with E-state index in [4.69, 9.17) is 9.47 Å². The van der Waals surface area contributed by atoms with Crippen LogP contribution in [-0.4, -0.2) is 18.5 Å². The van der Waals surface area contributed by atoms with E-state index in [2.05, 4.69) is 43.3 Å². The monoisotopic (exact) mass is 244 g/mol. The Bertz CT molecular complexity index is 412. The highest BCUT2D eigenvalue weighted by Crippen LogP contribution is 2.33. The zero-order valence-electron chi connectivity index (χ0n) is 10.8. The van der Waals surface area contributed by atoms with Gasteiger partial charge in [0.05, 0.1) is 12.2 Å². The van der Waals surface area contributed by atoms with Gasteiger partial charge in [-0.05, 0) is 25.3 Å². The van der Waals surface area contributed by atoms with Crippen molar-refractivity contribution in [1.82, 2.24) is 0 Å². The molecule has 1 aliphatic carbocycles. The van der Waals surface area contributed by atoms with Crippen LogP contribution in [0.5, 0.6) is 0 Å². The lowest BCUT2D eigenvalue weighted by molar-refractivity contribution is -0.253. The smallest absolute Gasteiger partial charge is 0.162 e. The third kappa shape index (κ3) is 2.50. The highest BCUT2D eigenvalue weighted by molar-refractivity contribution is 5.15. The first-order valence-corrected chi connectivity index (χ1v) is 6.84. The van der Waals surface area contributed by atoms with Crippen LogP contribution in [-0.2, 0) is 15.9 Å². The highest BCUT2D eigenvalue weighted by Gasteiger charge is 2.36. The molecular weight excluding hydrogens is 224 g/mol. The summed E-state index contributed by atoms with van der Waals surface area (Å²) in [5.41, 5.74) is 1.27. The van der Waals surface area contributed by atoms with E-state index in [1.54, 1.807) is 0 Å². The third-order valence-corrected chi connectivity index (χ3v) is 3.94. The summed E-state index contributed by atoms with van der Waals surface area (Å²) in [6.07, 6.45) is 8.05. The molecule has 4 atom stereocenters. The molecule has 1 fully saturated rings. The van der Waals surface area contributed by atoms with Gasteiger partial charge < -0.3 is 9.47 Å². The van der Waals surface area contributed by atoms with E-state index in [-0.39, 0.29) is 12.4 Å². The molecule has 0 spiro atoms. The van der Waals surface area contributed by atoms with Crippen LogP contribution < -0.4 is 0 Å². The summed E-state index contributed by atoms with van der Waals surface area (Å²) >= 11 is 0. The first-order chi connectivity index (χ1) is 8.83. The minimum atomic E-state index is -0.105. The van der Waals surface area contributed by atoms with Crippen LogP contribution in [0, 0.1) is 5.92 Å². The molecule has 0 amide bonds. The van der Waals surface area contributed by atoms with Crippen LogP contribution in [0.3, 0.4) is 0 Å². The van der Waals surface area contributed by atoms with Gasteiger partial charge in [0, 0.05) is 12.3 Å². The maximum absolute atomic E-state index is 6.06. The zero-order chi connectivity index (χ0) is 12.4. The lowest BCUT2D eigenvalue weighted by atomic mass is 9.86. The normalized spacial score (nSPS) is 35.2. The van der Waals surface area contributed by atoms with Crippen molar-refractivity contribution >= 4 is 0 Å². The fourth-order valence-corrected chi connectivity index (χ4v) is 2.92. The van der Waals surface area contributed by atoms with Crippen LogP contribution in [0.1, 0.15) is 25.3 Å². The van der Waals surface area contributed by atoms with Gasteiger partial charge in [0.2, 0.25) is 0 Å². The second-order valence-corrected chi connectivity index (χ2v) is 5.23. The summed E-state index contributed by atoms with van der Waals surface area (Å²) in [5, 5.41) is 0. The van der Waals surface area contributed by atoms with Gasteiger partial charge >= 0.3 is 0 Å². The van der Waals surface area contributed by atoms with Gasteiger partial charge in [0.15, 0.2) is 6.29 Å². The molecule has 3 rings (SSSR count). The zero-order valence-corrected chi connectivity index (χ0v) is 10.8.